The molecule has 4 aliphatic rings. The molecule has 4 bridgehead atoms. The standard InChI is InChI=1S/C23H23ClN4O4S.C17H18ClN3O3.C6H7NO2S.CH3I.BH.U/c24-22-19(23(29)27-33(30,31)18-4-2-1-3-5-18)8-9-20(25-22)28-11-10-21(26-28)32-14-17-13-15-6-7-16(17)12-15;18-16-13(17(22)23)3-4-14(19-16)21-6-5-15(20-21)24-9-12-8-10-1-2-11(12)7-10;7-10(8,9)6-4-2-1-3-5-6;1-2;;/h1-5,8-11,15-17H,6-7,12-14H2,(H,27,29);3-6,10-12H,1-2,7-9H2,(H,22,23);1-5H,(H2,7,8,9);1H3;1H;/t15-,16+,17?;10-,11+,12?;;;;/m00..../s1/i;;;2*1D;. The zero-order valence-electron chi connectivity index (χ0n) is 40.1. The van der Waals surface area contributed by atoms with Crippen LogP contribution >= 0.6 is 45.8 Å². The molecule has 4 aliphatic carbocycles. The number of carbonyl (C=O) groups is 2. The van der Waals surface area contributed by atoms with Crippen LogP contribution in [0, 0.1) is 66.6 Å². The number of primary sulfonamides is 1. The van der Waals surface area contributed by atoms with Crippen LogP contribution in [0.3, 0.4) is 0 Å². The smallest absolute Gasteiger partial charge is 0.338 e. The van der Waals surface area contributed by atoms with Crippen molar-refractivity contribution in [2.45, 2.75) is 61.2 Å². The van der Waals surface area contributed by atoms with Gasteiger partial charge >= 0.3 is 5.97 Å². The Hall–Kier alpha value is -4.01. The van der Waals surface area contributed by atoms with Gasteiger partial charge in [0, 0.05) is 65.4 Å². The molecule has 71 heavy (non-hydrogen) atoms. The molecule has 0 spiro atoms. The number of amides is 1. The molecule has 6 atom stereocenters. The molecule has 4 N–H and O–H groups in total. The van der Waals surface area contributed by atoms with Crippen molar-refractivity contribution in [3.8, 4) is 23.4 Å². The van der Waals surface area contributed by atoms with E-state index in [1.807, 2.05) is 27.3 Å². The number of pyridine rings is 2. The number of nitrogens with one attached hydrogen (secondary N) is 1. The molecule has 2 unspecified atom stereocenters. The number of nitrogens with two attached hydrogens (primary N) is 1. The Kier molecular flexibility index (Phi) is 20.3. The van der Waals surface area contributed by atoms with Crippen molar-refractivity contribution in [1.82, 2.24) is 34.3 Å². The summed E-state index contributed by atoms with van der Waals surface area (Å²) in [5.41, 5.74) is -0.0832. The van der Waals surface area contributed by atoms with Gasteiger partial charge in [-0.1, -0.05) is 95.0 Å². The first-order valence-electron chi connectivity index (χ1n) is 23.3. The van der Waals surface area contributed by atoms with Gasteiger partial charge in [-0.2, -0.15) is 0 Å². The number of rotatable bonds is 13. The van der Waals surface area contributed by atoms with Crippen LogP contribution in [0.4, 0.5) is 0 Å². The quantitative estimate of drug-likeness (QED) is 0.0430. The molecule has 4 fully saturated rings. The van der Waals surface area contributed by atoms with E-state index in [0.29, 0.717) is 53.4 Å². The summed E-state index contributed by atoms with van der Waals surface area (Å²) in [6.07, 6.45) is 14.0. The predicted octanol–water partition coefficient (Wildman–Crippen LogP) is 8.03. The van der Waals surface area contributed by atoms with E-state index in [-0.39, 0.29) is 62.3 Å². The fraction of sp³-hybridized carbons (Fsp3) is 0.362. The molecule has 2 aromatic carbocycles. The minimum atomic E-state index is -4.02. The molecule has 1 amide bonds. The van der Waals surface area contributed by atoms with Crippen LogP contribution < -0.4 is 19.3 Å². The number of ether oxygens (including phenoxy) is 2. The number of carboxylic acids is 1. The van der Waals surface area contributed by atoms with Gasteiger partial charge in [-0.3, -0.25) is 4.79 Å². The summed E-state index contributed by atoms with van der Waals surface area (Å²) in [7, 11) is -3.77. The number of aromatic nitrogens is 6. The van der Waals surface area contributed by atoms with E-state index in [4.69, 9.17) is 45.6 Å². The van der Waals surface area contributed by atoms with Crippen LogP contribution in [0.15, 0.2) is 119 Å². The van der Waals surface area contributed by atoms with Crippen LogP contribution in [0.5, 0.6) is 11.8 Å². The number of fused-ring (bicyclic) bond motifs is 4. The number of carbonyl (C=O) groups excluding carboxylic acids is 1. The molecule has 4 saturated carbocycles. The Balaban J connectivity index is 0.000000215. The van der Waals surface area contributed by atoms with Gasteiger partial charge in [-0.15, -0.1) is 10.2 Å². The predicted molar refractivity (Wildman–Crippen MR) is 275 cm³/mol. The van der Waals surface area contributed by atoms with E-state index in [1.54, 1.807) is 73.1 Å². The van der Waals surface area contributed by atoms with Crippen LogP contribution in [-0.2, 0) is 20.0 Å². The van der Waals surface area contributed by atoms with E-state index in [2.05, 4.69) is 28.5 Å². The molecule has 10 rings (SSSR count). The Morgan fingerprint density at radius 2 is 1.17 bits per heavy atom. The maximum atomic E-state index is 12.5. The molecule has 4 heterocycles. The van der Waals surface area contributed by atoms with Crippen LogP contribution in [0.2, 0.25) is 10.3 Å². The van der Waals surface area contributed by atoms with Gasteiger partial charge in [0.2, 0.25) is 21.8 Å². The monoisotopic (exact) mass is 1380 g/mol. The number of halogens is 3. The number of nitrogens with zero attached hydrogens (tertiary/aromatic N) is 6. The Morgan fingerprint density at radius 3 is 1.54 bits per heavy atom. The normalized spacial score (nSPS) is 20.6. The summed E-state index contributed by atoms with van der Waals surface area (Å²) in [5, 5.41) is 22.4. The number of hydrogen-bond acceptors (Lipinski definition) is 12. The third kappa shape index (κ3) is 15.3. The SMILES string of the molecule is NS(=O)(=O)c1ccccc1.O=C(NS(=O)(=O)c1ccccc1)c1ccc(-n2ccc(OCC3C[C@H]4CC[C@@H]3C4)n2)nc1Cl.O=C(O)c1ccc(-n2ccc(OCC3C[C@H]4CC[C@@H]3C4)n2)nc1Cl.[2H]CI.[2H][B].[U]. The van der Waals surface area contributed by atoms with E-state index in [0.717, 1.165) is 23.7 Å². The Bertz CT molecular complexity index is 3000. The van der Waals surface area contributed by atoms with Crippen molar-refractivity contribution in [2.24, 2.45) is 40.6 Å². The summed E-state index contributed by atoms with van der Waals surface area (Å²) in [6.45, 7) is 1.38. The maximum Gasteiger partial charge on any atom is 0.338 e. The summed E-state index contributed by atoms with van der Waals surface area (Å²) in [4.78, 5) is 32.4. The van der Waals surface area contributed by atoms with Crippen molar-refractivity contribution in [3.63, 3.8) is 0 Å². The topological polar surface area (TPSA) is 241 Å². The number of alkyl halides is 1. The Morgan fingerprint density at radius 1 is 0.732 bits per heavy atom. The van der Waals surface area contributed by atoms with Crippen LogP contribution in [0.1, 0.15) is 73.5 Å². The summed E-state index contributed by atoms with van der Waals surface area (Å²) < 4.78 is 74.3. The fourth-order valence-corrected chi connectivity index (χ4v) is 11.4. The second-order valence-electron chi connectivity index (χ2n) is 17.1. The molecule has 6 aromatic rings. The number of benzene rings is 2. The number of hydrogen-bond donors (Lipinski definition) is 3. The molecular formula is C47H52BCl2IN8O9S2U. The third-order valence-corrected chi connectivity index (χ3v) is 15.6. The summed E-state index contributed by atoms with van der Waals surface area (Å²) >= 11 is 14.1. The average molecular weight is 1390 g/mol. The number of sulfonamides is 2. The van der Waals surface area contributed by atoms with Crippen molar-refractivity contribution >= 4 is 86.1 Å². The number of carboxylic acid groups (broad SMARTS) is 1. The first-order chi connectivity index (χ1) is 34.5. The molecule has 2 radical (unpaired) electrons. The fourth-order valence-electron chi connectivity index (χ4n) is 9.45. The van der Waals surface area contributed by atoms with Gasteiger partial charge in [0.05, 0.1) is 34.1 Å². The Labute approximate surface area is 465 Å². The first kappa shape index (κ1) is 54.8. The molecule has 17 nitrogen and oxygen atoms in total. The van der Waals surface area contributed by atoms with Gasteiger partial charge in [0.1, 0.15) is 10.3 Å². The molecule has 0 aliphatic heterocycles. The minimum absolute atomic E-state index is 0. The maximum absolute atomic E-state index is 12.5. The summed E-state index contributed by atoms with van der Waals surface area (Å²) in [5.74, 6) is 4.56. The number of aromatic carboxylic acids is 1. The molecule has 24 heteroatoms. The largest absolute Gasteiger partial charge is 0.478 e. The zero-order valence-corrected chi connectivity index (χ0v) is 47.6. The molecule has 374 valence electrons. The zero-order chi connectivity index (χ0) is 52.0. The second-order valence-corrected chi connectivity index (χ2v) is 21.1. The molecule has 4 aromatic heterocycles. The third-order valence-electron chi connectivity index (χ3n) is 12.8. The van der Waals surface area contributed by atoms with Crippen molar-refractivity contribution in [2.75, 3.05) is 18.1 Å². The van der Waals surface area contributed by atoms with Crippen LogP contribution in [-0.4, -0.2) is 91.2 Å². The summed E-state index contributed by atoms with van der Waals surface area (Å²) in [6, 6.07) is 25.0. The van der Waals surface area contributed by atoms with Gasteiger partial charge in [-0.05, 0) is 129 Å². The second kappa shape index (κ2) is 26.3. The molecular weight excluding hydrogens is 1330 g/mol. The first-order valence-corrected chi connectivity index (χ1v) is 27.3. The van der Waals surface area contributed by atoms with E-state index in [9.17, 15) is 26.4 Å². The minimum Gasteiger partial charge on any atom is -0.478 e. The van der Waals surface area contributed by atoms with Gasteiger partial charge < -0.3 is 14.6 Å². The van der Waals surface area contributed by atoms with Gasteiger partial charge in [-0.25, -0.2) is 50.8 Å². The van der Waals surface area contributed by atoms with Crippen molar-refractivity contribution in [1.29, 1.82) is 1.34 Å². The van der Waals surface area contributed by atoms with Crippen molar-refractivity contribution in [3.05, 3.63) is 131 Å². The molecule has 0 saturated heterocycles. The van der Waals surface area contributed by atoms with E-state index in [1.165, 1.54) is 97.1 Å². The van der Waals surface area contributed by atoms with Gasteiger partial charge in [0.15, 0.2) is 11.6 Å². The van der Waals surface area contributed by atoms with Crippen LogP contribution in [0.25, 0.3) is 11.6 Å². The average Bonchev–Trinajstić information content (AvgIpc) is 4.26. The van der Waals surface area contributed by atoms with Crippen molar-refractivity contribution < 1.29 is 73.5 Å². The van der Waals surface area contributed by atoms with E-state index >= 15 is 0 Å². The van der Waals surface area contributed by atoms with Gasteiger partial charge in [0.25, 0.3) is 15.9 Å². The van der Waals surface area contributed by atoms with E-state index < -0.39 is 31.9 Å².